The van der Waals surface area contributed by atoms with E-state index in [0.29, 0.717) is 0 Å². The molecule has 12 heavy (non-hydrogen) atoms. The van der Waals surface area contributed by atoms with Gasteiger partial charge in [0.05, 0.1) is 0 Å². The zero-order valence-electron chi connectivity index (χ0n) is 8.03. The molecular formula is C9H15GeOSi. The van der Waals surface area contributed by atoms with Crippen molar-refractivity contribution in [2.75, 3.05) is 0 Å². The zero-order chi connectivity index (χ0) is 9.61. The number of hydrogen-bond acceptors (Lipinski definition) is 1. The van der Waals surface area contributed by atoms with E-state index in [9.17, 15) is 4.79 Å². The maximum atomic E-state index is 11.6. The Morgan fingerprint density at radius 1 is 1.25 bits per heavy atom. The van der Waals surface area contributed by atoms with Gasteiger partial charge in [-0.05, 0) is 0 Å². The summed E-state index contributed by atoms with van der Waals surface area (Å²) < 4.78 is 0.248. The summed E-state index contributed by atoms with van der Waals surface area (Å²) in [5.41, 5.74) is 2.53. The number of carbonyl (C=O) groups is 1. The molecule has 0 aromatic rings. The van der Waals surface area contributed by atoms with Gasteiger partial charge in [0.25, 0.3) is 0 Å². The predicted octanol–water partition coefficient (Wildman–Crippen LogP) is 1.73. The Labute approximate surface area is 81.1 Å². The van der Waals surface area contributed by atoms with Crippen molar-refractivity contribution < 1.29 is 4.79 Å². The topological polar surface area (TPSA) is 17.1 Å². The molecule has 0 aromatic heterocycles. The molecule has 0 aromatic carbocycles. The van der Waals surface area contributed by atoms with Gasteiger partial charge in [0.1, 0.15) is 0 Å². The summed E-state index contributed by atoms with van der Waals surface area (Å²) in [7, 11) is 3.02. The summed E-state index contributed by atoms with van der Waals surface area (Å²) >= 11 is -2.20. The van der Waals surface area contributed by atoms with Crippen molar-refractivity contribution in [1.29, 1.82) is 0 Å². The monoisotopic (exact) mass is 241 g/mol. The first kappa shape index (κ1) is 12.0. The summed E-state index contributed by atoms with van der Waals surface area (Å²) in [4.78, 5) is 11.6. The van der Waals surface area contributed by atoms with Crippen LogP contribution in [0.5, 0.6) is 0 Å². The third-order valence-electron chi connectivity index (χ3n) is 2.69. The third-order valence-corrected chi connectivity index (χ3v) is 13.6. The maximum absolute atomic E-state index is 11.6. The van der Waals surface area contributed by atoms with Gasteiger partial charge in [-0.1, -0.05) is 0 Å². The Morgan fingerprint density at radius 3 is 1.92 bits per heavy atom. The van der Waals surface area contributed by atoms with E-state index in [2.05, 4.69) is 42.5 Å². The van der Waals surface area contributed by atoms with Crippen LogP contribution in [0.1, 0.15) is 20.8 Å². The fourth-order valence-corrected chi connectivity index (χ4v) is 7.65. The average Bonchev–Trinajstić information content (AvgIpc) is 2.09. The number of rotatable bonds is 4. The SMILES string of the molecule is C[CH2][Ge]([CH2]C)([CH2]C)[C](=O)C#C[Si]. The molecular weight excluding hydrogens is 225 g/mol. The molecule has 0 bridgehead atoms. The fourth-order valence-electron chi connectivity index (χ4n) is 1.42. The average molecular weight is 240 g/mol. The minimum absolute atomic E-state index is 0.248. The molecule has 0 fully saturated rings. The van der Waals surface area contributed by atoms with Crippen molar-refractivity contribution in [3.63, 3.8) is 0 Å². The molecule has 0 unspecified atom stereocenters. The second-order valence-electron chi connectivity index (χ2n) is 2.92. The van der Waals surface area contributed by atoms with Crippen LogP contribution >= 0.6 is 0 Å². The van der Waals surface area contributed by atoms with E-state index >= 15 is 0 Å². The van der Waals surface area contributed by atoms with Crippen LogP contribution in [0, 0.1) is 11.5 Å². The van der Waals surface area contributed by atoms with E-state index in [-0.39, 0.29) is 4.62 Å². The number of carbonyl (C=O) groups excluding carboxylic acids is 1. The van der Waals surface area contributed by atoms with E-state index in [4.69, 9.17) is 0 Å². The molecule has 0 atom stereocenters. The van der Waals surface area contributed by atoms with Crippen LogP contribution in [0.3, 0.4) is 0 Å². The second-order valence-corrected chi connectivity index (χ2v) is 13.9. The molecule has 0 rings (SSSR count). The van der Waals surface area contributed by atoms with Gasteiger partial charge in [0.15, 0.2) is 0 Å². The first-order chi connectivity index (χ1) is 5.66. The van der Waals surface area contributed by atoms with Gasteiger partial charge in [-0.2, -0.15) is 0 Å². The van der Waals surface area contributed by atoms with Crippen molar-refractivity contribution in [3.8, 4) is 11.5 Å². The summed E-state index contributed by atoms with van der Waals surface area (Å²) in [5, 5.41) is 3.19. The van der Waals surface area contributed by atoms with E-state index in [1.165, 1.54) is 0 Å². The molecule has 0 amide bonds. The molecule has 3 radical (unpaired) electrons. The van der Waals surface area contributed by atoms with Crippen LogP contribution in [0.25, 0.3) is 0 Å². The van der Waals surface area contributed by atoms with E-state index in [0.717, 1.165) is 15.8 Å². The van der Waals surface area contributed by atoms with Crippen LogP contribution < -0.4 is 0 Å². The van der Waals surface area contributed by atoms with Gasteiger partial charge < -0.3 is 0 Å². The van der Waals surface area contributed by atoms with Crippen molar-refractivity contribution >= 4 is 28.1 Å². The minimum atomic E-state index is -2.20. The van der Waals surface area contributed by atoms with E-state index in [1.807, 2.05) is 0 Å². The van der Waals surface area contributed by atoms with Crippen LogP contribution in [0.15, 0.2) is 0 Å². The molecule has 1 nitrogen and oxygen atoms in total. The van der Waals surface area contributed by atoms with E-state index < -0.39 is 13.3 Å². The summed E-state index contributed by atoms with van der Waals surface area (Å²) in [6, 6.07) is 0. The first-order valence-corrected chi connectivity index (χ1v) is 10.4. The van der Waals surface area contributed by atoms with Crippen LogP contribution in [-0.2, 0) is 4.79 Å². The quantitative estimate of drug-likeness (QED) is 0.540. The Hall–Kier alpha value is -0.0103. The third kappa shape index (κ3) is 2.49. The van der Waals surface area contributed by atoms with Gasteiger partial charge in [-0.15, -0.1) is 0 Å². The first-order valence-electron chi connectivity index (χ1n) is 4.39. The summed E-state index contributed by atoms with van der Waals surface area (Å²) in [5.74, 6) is 2.65. The predicted molar refractivity (Wildman–Crippen MR) is 55.7 cm³/mol. The van der Waals surface area contributed by atoms with Crippen molar-refractivity contribution in [2.45, 2.75) is 36.5 Å². The molecule has 0 aliphatic rings. The molecule has 0 aliphatic carbocycles. The Morgan fingerprint density at radius 2 is 1.67 bits per heavy atom. The Bertz CT molecular complexity index is 202. The summed E-state index contributed by atoms with van der Waals surface area (Å²) in [6.45, 7) is 6.38. The molecule has 65 valence electrons. The molecule has 0 N–H and O–H groups in total. The van der Waals surface area contributed by atoms with Gasteiger partial charge in [0.2, 0.25) is 0 Å². The summed E-state index contributed by atoms with van der Waals surface area (Å²) in [6.07, 6.45) is 0. The Kier molecular flexibility index (Phi) is 5.60. The Balaban J connectivity index is 4.66. The normalized spacial score (nSPS) is 10.3. The van der Waals surface area contributed by atoms with Crippen molar-refractivity contribution in [3.05, 3.63) is 0 Å². The van der Waals surface area contributed by atoms with Crippen LogP contribution in [0.4, 0.5) is 0 Å². The molecule has 0 saturated heterocycles. The van der Waals surface area contributed by atoms with Gasteiger partial charge >= 0.3 is 80.9 Å². The second kappa shape index (κ2) is 5.60. The molecule has 0 aliphatic heterocycles. The van der Waals surface area contributed by atoms with Crippen molar-refractivity contribution in [1.82, 2.24) is 0 Å². The van der Waals surface area contributed by atoms with Crippen molar-refractivity contribution in [2.24, 2.45) is 0 Å². The molecule has 0 heterocycles. The van der Waals surface area contributed by atoms with Crippen LogP contribution in [0.2, 0.25) is 15.8 Å². The van der Waals surface area contributed by atoms with Gasteiger partial charge in [-0.3, -0.25) is 0 Å². The van der Waals surface area contributed by atoms with Gasteiger partial charge in [0, 0.05) is 0 Å². The standard InChI is InChI=1S/C9H15GeOSi/c1-4-10(5-2,6-3)9(11)7-8-12/h4-6H2,1-3H3. The van der Waals surface area contributed by atoms with Gasteiger partial charge in [-0.25, -0.2) is 0 Å². The van der Waals surface area contributed by atoms with E-state index in [1.54, 1.807) is 0 Å². The molecule has 3 heteroatoms. The number of hydrogen-bond donors (Lipinski definition) is 0. The molecule has 0 saturated carbocycles. The molecule has 0 spiro atoms. The zero-order valence-corrected chi connectivity index (χ0v) is 11.1. The van der Waals surface area contributed by atoms with Crippen LogP contribution in [-0.4, -0.2) is 28.1 Å². The fraction of sp³-hybridized carbons (Fsp3) is 0.667.